The molecule has 0 amide bonds. The Bertz CT molecular complexity index is 697. The quantitative estimate of drug-likeness (QED) is 0.773. The highest BCUT2D eigenvalue weighted by molar-refractivity contribution is 5.50. The smallest absolute Gasteiger partial charge is 0.0461 e. The van der Waals surface area contributed by atoms with E-state index in [0.717, 1.165) is 19.3 Å². The lowest BCUT2D eigenvalue weighted by Crippen LogP contribution is -2.53. The summed E-state index contributed by atoms with van der Waals surface area (Å²) < 4.78 is 0. The Balaban J connectivity index is 1.75. The third-order valence-corrected chi connectivity index (χ3v) is 5.82. The molecule has 1 nitrogen and oxygen atoms in total. The van der Waals surface area contributed by atoms with Crippen LogP contribution in [0.5, 0.6) is 0 Å². The fourth-order valence-corrected chi connectivity index (χ4v) is 4.05. The van der Waals surface area contributed by atoms with E-state index in [1.165, 1.54) is 16.7 Å². The molecule has 24 heavy (non-hydrogen) atoms. The van der Waals surface area contributed by atoms with E-state index in [4.69, 9.17) is 5.73 Å². The van der Waals surface area contributed by atoms with Crippen LogP contribution in [0.25, 0.3) is 6.08 Å². The summed E-state index contributed by atoms with van der Waals surface area (Å²) in [5.74, 6) is 0.599. The van der Waals surface area contributed by atoms with Crippen molar-refractivity contribution in [2.24, 2.45) is 17.1 Å². The number of hydrogen-bond acceptors (Lipinski definition) is 1. The van der Waals surface area contributed by atoms with Crippen molar-refractivity contribution in [1.29, 1.82) is 0 Å². The van der Waals surface area contributed by atoms with E-state index in [9.17, 15) is 0 Å². The van der Waals surface area contributed by atoms with E-state index in [1.54, 1.807) is 0 Å². The summed E-state index contributed by atoms with van der Waals surface area (Å²) in [5.41, 5.74) is 10.6. The van der Waals surface area contributed by atoms with Crippen molar-refractivity contribution < 1.29 is 0 Å². The molecule has 2 aromatic carbocycles. The minimum absolute atomic E-state index is 0.0783. The van der Waals surface area contributed by atoms with Crippen molar-refractivity contribution in [1.82, 2.24) is 0 Å². The number of rotatable bonds is 3. The van der Waals surface area contributed by atoms with Crippen LogP contribution in [0.15, 0.2) is 60.7 Å². The van der Waals surface area contributed by atoms with Crippen molar-refractivity contribution in [3.8, 4) is 0 Å². The monoisotopic (exact) mass is 319 g/mol. The maximum Gasteiger partial charge on any atom is 0.0461 e. The second kappa shape index (κ2) is 6.57. The molecule has 1 fully saturated rings. The largest absolute Gasteiger partial charge is 0.321 e. The molecule has 0 aliphatic heterocycles. The summed E-state index contributed by atoms with van der Waals surface area (Å²) in [4.78, 5) is 0. The van der Waals surface area contributed by atoms with Gasteiger partial charge in [-0.25, -0.2) is 0 Å². The molecule has 0 bridgehead atoms. The molecule has 2 N–H and O–H groups in total. The molecular formula is C23H29N. The lowest BCUT2D eigenvalue weighted by molar-refractivity contribution is 0.0755. The maximum absolute atomic E-state index is 6.92. The summed E-state index contributed by atoms with van der Waals surface area (Å²) in [7, 11) is 0. The first-order valence-electron chi connectivity index (χ1n) is 9.00. The second-order valence-electron chi connectivity index (χ2n) is 7.99. The van der Waals surface area contributed by atoms with Gasteiger partial charge in [-0.05, 0) is 48.6 Å². The Hall–Kier alpha value is -1.86. The van der Waals surface area contributed by atoms with Gasteiger partial charge in [-0.3, -0.25) is 0 Å². The second-order valence-corrected chi connectivity index (χ2v) is 7.99. The maximum atomic E-state index is 6.92. The molecule has 0 spiro atoms. The van der Waals surface area contributed by atoms with E-state index in [0.29, 0.717) is 5.92 Å². The molecule has 0 saturated heterocycles. The molecule has 126 valence electrons. The van der Waals surface area contributed by atoms with Gasteiger partial charge in [0.05, 0.1) is 0 Å². The van der Waals surface area contributed by atoms with Gasteiger partial charge in [-0.2, -0.15) is 0 Å². The molecule has 1 aliphatic rings. The van der Waals surface area contributed by atoms with Crippen LogP contribution in [0, 0.1) is 18.3 Å². The first-order valence-corrected chi connectivity index (χ1v) is 9.00. The third-order valence-electron chi connectivity index (χ3n) is 5.82. The molecule has 0 aromatic heterocycles. The van der Waals surface area contributed by atoms with E-state index in [1.807, 2.05) is 0 Å². The SMILES string of the molecule is Cc1ccc(C=CC2CCC(N)(c3ccccc3)C(C)(C)C2)cc1. The van der Waals surface area contributed by atoms with Crippen LogP contribution in [-0.2, 0) is 5.54 Å². The highest BCUT2D eigenvalue weighted by Gasteiger charge is 2.46. The van der Waals surface area contributed by atoms with Crippen molar-refractivity contribution in [2.75, 3.05) is 0 Å². The lowest BCUT2D eigenvalue weighted by Gasteiger charge is -2.50. The van der Waals surface area contributed by atoms with Gasteiger partial charge in [0, 0.05) is 5.54 Å². The van der Waals surface area contributed by atoms with Crippen LogP contribution in [0.3, 0.4) is 0 Å². The fourth-order valence-electron chi connectivity index (χ4n) is 4.05. The van der Waals surface area contributed by atoms with Crippen molar-refractivity contribution in [3.05, 3.63) is 77.4 Å². The van der Waals surface area contributed by atoms with Gasteiger partial charge in [-0.15, -0.1) is 0 Å². The Kier molecular flexibility index (Phi) is 4.64. The summed E-state index contributed by atoms with van der Waals surface area (Å²) in [6, 6.07) is 19.4. The van der Waals surface area contributed by atoms with E-state index >= 15 is 0 Å². The van der Waals surface area contributed by atoms with E-state index in [2.05, 4.69) is 87.5 Å². The predicted molar refractivity (Wildman–Crippen MR) is 104 cm³/mol. The van der Waals surface area contributed by atoms with Crippen LogP contribution >= 0.6 is 0 Å². The average molecular weight is 319 g/mol. The highest BCUT2D eigenvalue weighted by Crippen LogP contribution is 2.50. The summed E-state index contributed by atoms with van der Waals surface area (Å²) in [5, 5.41) is 0. The van der Waals surface area contributed by atoms with Crippen LogP contribution in [0.2, 0.25) is 0 Å². The Morgan fingerprint density at radius 3 is 2.29 bits per heavy atom. The minimum atomic E-state index is -0.234. The Labute approximate surface area is 146 Å². The molecule has 1 aliphatic carbocycles. The van der Waals surface area contributed by atoms with Gasteiger partial charge in [0.15, 0.2) is 0 Å². The molecule has 0 radical (unpaired) electrons. The van der Waals surface area contributed by atoms with Gasteiger partial charge < -0.3 is 5.73 Å². The van der Waals surface area contributed by atoms with Gasteiger partial charge in [-0.1, -0.05) is 86.2 Å². The Morgan fingerprint density at radius 1 is 1.00 bits per heavy atom. The molecule has 3 rings (SSSR count). The number of aryl methyl sites for hydroxylation is 1. The molecule has 2 atom stereocenters. The summed E-state index contributed by atoms with van der Waals surface area (Å²) >= 11 is 0. The first kappa shape index (κ1) is 17.0. The van der Waals surface area contributed by atoms with Crippen molar-refractivity contribution >= 4 is 6.08 Å². The lowest BCUT2D eigenvalue weighted by atomic mass is 9.58. The third kappa shape index (κ3) is 3.32. The van der Waals surface area contributed by atoms with Crippen LogP contribution in [0.1, 0.15) is 49.8 Å². The molecule has 2 unspecified atom stereocenters. The molecule has 1 saturated carbocycles. The van der Waals surface area contributed by atoms with Gasteiger partial charge in [0.1, 0.15) is 0 Å². The van der Waals surface area contributed by atoms with Crippen LogP contribution in [-0.4, -0.2) is 0 Å². The topological polar surface area (TPSA) is 26.0 Å². The zero-order valence-corrected chi connectivity index (χ0v) is 15.1. The zero-order chi connectivity index (χ0) is 17.2. The van der Waals surface area contributed by atoms with Gasteiger partial charge >= 0.3 is 0 Å². The van der Waals surface area contributed by atoms with E-state index < -0.39 is 0 Å². The molecular weight excluding hydrogens is 290 g/mol. The summed E-state index contributed by atoms with van der Waals surface area (Å²) in [6.45, 7) is 6.78. The number of benzene rings is 2. The number of nitrogens with two attached hydrogens (primary N) is 1. The van der Waals surface area contributed by atoms with Gasteiger partial charge in [0.2, 0.25) is 0 Å². The molecule has 1 heteroatoms. The zero-order valence-electron chi connectivity index (χ0n) is 15.1. The standard InChI is InChI=1S/C23H29N/c1-18-9-11-19(12-10-18)13-14-20-15-16-23(24,22(2,3)17-20)21-7-5-4-6-8-21/h4-14,20H,15-17,24H2,1-3H3. The first-order chi connectivity index (χ1) is 11.4. The van der Waals surface area contributed by atoms with Crippen molar-refractivity contribution in [3.63, 3.8) is 0 Å². The summed E-state index contributed by atoms with van der Waals surface area (Å²) in [6.07, 6.45) is 7.97. The number of allylic oxidation sites excluding steroid dienone is 1. The van der Waals surface area contributed by atoms with Crippen LogP contribution in [0.4, 0.5) is 0 Å². The minimum Gasteiger partial charge on any atom is -0.321 e. The van der Waals surface area contributed by atoms with Gasteiger partial charge in [0.25, 0.3) is 0 Å². The Morgan fingerprint density at radius 2 is 1.67 bits per heavy atom. The van der Waals surface area contributed by atoms with E-state index in [-0.39, 0.29) is 11.0 Å². The average Bonchev–Trinajstić information content (AvgIpc) is 2.58. The van der Waals surface area contributed by atoms with Crippen LogP contribution < -0.4 is 5.73 Å². The number of hydrogen-bond donors (Lipinski definition) is 1. The molecule has 2 aromatic rings. The predicted octanol–water partition coefficient (Wildman–Crippen LogP) is 5.69. The van der Waals surface area contributed by atoms with Crippen molar-refractivity contribution in [2.45, 2.75) is 45.6 Å². The fraction of sp³-hybridized carbons (Fsp3) is 0.391. The highest BCUT2D eigenvalue weighted by atomic mass is 14.8. The normalized spacial score (nSPS) is 26.6. The molecule has 0 heterocycles.